The van der Waals surface area contributed by atoms with Gasteiger partial charge in [0, 0.05) is 18.2 Å². The van der Waals surface area contributed by atoms with Crippen LogP contribution in [0.15, 0.2) is 72.8 Å². The fourth-order valence-corrected chi connectivity index (χ4v) is 4.56. The number of fused-ring (bicyclic) bond motifs is 6. The summed E-state index contributed by atoms with van der Waals surface area (Å²) in [5, 5.41) is 61.9. The third kappa shape index (κ3) is 3.59. The van der Waals surface area contributed by atoms with E-state index in [2.05, 4.69) is 30.6 Å². The van der Waals surface area contributed by atoms with E-state index >= 15 is 0 Å². The van der Waals surface area contributed by atoms with E-state index in [1.54, 1.807) is 18.2 Å². The zero-order valence-electron chi connectivity index (χ0n) is 20.7. The zero-order valence-corrected chi connectivity index (χ0v) is 20.7. The van der Waals surface area contributed by atoms with Gasteiger partial charge in [0.1, 0.15) is 33.1 Å². The summed E-state index contributed by atoms with van der Waals surface area (Å²) < 4.78 is 0. The molecule has 0 aliphatic rings. The van der Waals surface area contributed by atoms with Gasteiger partial charge in [-0.1, -0.05) is 36.4 Å². The second kappa shape index (κ2) is 8.91. The number of benzene rings is 4. The van der Waals surface area contributed by atoms with E-state index in [4.69, 9.17) is 0 Å². The lowest BCUT2D eigenvalue weighted by Crippen LogP contribution is -2.03. The van der Waals surface area contributed by atoms with Crippen molar-refractivity contribution in [3.8, 4) is 17.1 Å². The maximum Gasteiger partial charge on any atom is 0.296 e. The molecule has 7 aromatic rings. The predicted molar refractivity (Wildman–Crippen MR) is 144 cm³/mol. The molecule has 4 aromatic carbocycles. The van der Waals surface area contributed by atoms with Crippen LogP contribution >= 0.6 is 0 Å². The van der Waals surface area contributed by atoms with Crippen molar-refractivity contribution in [3.63, 3.8) is 0 Å². The number of aromatic nitrogens is 9. The van der Waals surface area contributed by atoms with Gasteiger partial charge in [-0.2, -0.15) is 0 Å². The Balaban J connectivity index is 1.58. The molecule has 0 radical (unpaired) electrons. The predicted octanol–water partition coefficient (Wildman–Crippen LogP) is 3.61. The Hall–Kier alpha value is -6.72. The highest BCUT2D eigenvalue weighted by molar-refractivity contribution is 6.17. The zero-order chi connectivity index (χ0) is 29.1. The maximum atomic E-state index is 11.7. The average molecular weight is 564 g/mol. The second-order valence-corrected chi connectivity index (χ2v) is 8.80. The van der Waals surface area contributed by atoms with Crippen LogP contribution in [-0.4, -0.2) is 59.8 Å². The molecule has 18 heteroatoms. The molecule has 0 aliphatic heterocycles. The molecule has 0 atom stereocenters. The van der Waals surface area contributed by atoms with Crippen LogP contribution in [0, 0.1) is 30.3 Å². The molecule has 0 N–H and O–H groups in total. The first-order valence-corrected chi connectivity index (χ1v) is 12.0. The van der Waals surface area contributed by atoms with Crippen molar-refractivity contribution in [2.24, 2.45) is 0 Å². The molecule has 0 saturated carbocycles. The van der Waals surface area contributed by atoms with E-state index in [-0.39, 0.29) is 67.2 Å². The summed E-state index contributed by atoms with van der Waals surface area (Å²) in [5.74, 6) is 0. The van der Waals surface area contributed by atoms with Crippen molar-refractivity contribution >= 4 is 50.2 Å². The number of para-hydroxylation sites is 6. The molecule has 0 amide bonds. The van der Waals surface area contributed by atoms with Crippen LogP contribution in [0.5, 0.6) is 0 Å². The number of nitro groups is 3. The quantitative estimate of drug-likeness (QED) is 0.209. The van der Waals surface area contributed by atoms with Crippen LogP contribution in [-0.2, 0) is 0 Å². The molecule has 7 rings (SSSR count). The largest absolute Gasteiger partial charge is 0.296 e. The minimum Gasteiger partial charge on any atom is -0.258 e. The Kier molecular flexibility index (Phi) is 5.16. The molecule has 0 bridgehead atoms. The third-order valence-corrected chi connectivity index (χ3v) is 6.40. The van der Waals surface area contributed by atoms with Gasteiger partial charge in [-0.15, -0.1) is 45.0 Å². The van der Waals surface area contributed by atoms with Gasteiger partial charge < -0.3 is 0 Å². The Morgan fingerprint density at radius 3 is 0.833 bits per heavy atom. The summed E-state index contributed by atoms with van der Waals surface area (Å²) in [7, 11) is 0. The van der Waals surface area contributed by atoms with Crippen LogP contribution in [0.2, 0.25) is 0 Å². The summed E-state index contributed by atoms with van der Waals surface area (Å²) in [6.07, 6.45) is 0. The molecule has 3 heterocycles. The van der Waals surface area contributed by atoms with E-state index < -0.39 is 14.8 Å². The maximum absolute atomic E-state index is 11.7. The molecule has 0 fully saturated rings. The van der Waals surface area contributed by atoms with Gasteiger partial charge in [0.25, 0.3) is 17.1 Å². The molecule has 0 unspecified atom stereocenters. The SMILES string of the molecule is O=[N+]([O-])c1ccccc1-n1nc2c3nn(-c4ccccc4[N+](=O)[O-])nc3c3nn(-c4ccccc4[N+](=O)[O-])nc3c2n1. The van der Waals surface area contributed by atoms with E-state index in [9.17, 15) is 30.3 Å². The molecule has 3 aromatic heterocycles. The lowest BCUT2D eigenvalue weighted by Gasteiger charge is -2.00. The standard InChI is InChI=1S/C24H12N12O6/c37-34(38)16-10-4-1-7-13(16)31-25-19-20(26-31)22-24(30-33(28-22)15-9-3-6-12-18(15)36(41)42)23-21(19)27-32(29-23)14-8-2-5-11-17(14)35(39)40/h1-12H. The van der Waals surface area contributed by atoms with Gasteiger partial charge in [0.2, 0.25) is 0 Å². The molecular formula is C24H12N12O6. The van der Waals surface area contributed by atoms with Crippen LogP contribution in [0.3, 0.4) is 0 Å². The van der Waals surface area contributed by atoms with Crippen LogP contribution < -0.4 is 0 Å². The Bertz CT molecular complexity index is 1920. The van der Waals surface area contributed by atoms with Crippen molar-refractivity contribution in [2.75, 3.05) is 0 Å². The van der Waals surface area contributed by atoms with Gasteiger partial charge >= 0.3 is 0 Å². The first-order valence-electron chi connectivity index (χ1n) is 12.0. The highest BCUT2D eigenvalue weighted by atomic mass is 16.6. The van der Waals surface area contributed by atoms with Crippen molar-refractivity contribution in [1.82, 2.24) is 45.0 Å². The summed E-state index contributed by atoms with van der Waals surface area (Å²) >= 11 is 0. The molecule has 42 heavy (non-hydrogen) atoms. The smallest absolute Gasteiger partial charge is 0.258 e. The normalized spacial score (nSPS) is 11.4. The van der Waals surface area contributed by atoms with E-state index in [1.807, 2.05) is 0 Å². The van der Waals surface area contributed by atoms with E-state index in [0.717, 1.165) is 14.4 Å². The fourth-order valence-electron chi connectivity index (χ4n) is 4.56. The number of nitrogens with zero attached hydrogens (tertiary/aromatic N) is 12. The number of rotatable bonds is 6. The summed E-state index contributed by atoms with van der Waals surface area (Å²) in [6, 6.07) is 17.5. The molecule has 18 nitrogen and oxygen atoms in total. The van der Waals surface area contributed by atoms with E-state index in [0.29, 0.717) is 0 Å². The monoisotopic (exact) mass is 564 g/mol. The van der Waals surface area contributed by atoms with Gasteiger partial charge in [-0.25, -0.2) is 0 Å². The topological polar surface area (TPSA) is 222 Å². The lowest BCUT2D eigenvalue weighted by atomic mass is 10.2. The minimum atomic E-state index is -0.579. The highest BCUT2D eigenvalue weighted by Crippen LogP contribution is 2.33. The molecule has 0 saturated heterocycles. The van der Waals surface area contributed by atoms with Gasteiger partial charge in [0.05, 0.1) is 14.8 Å². The van der Waals surface area contributed by atoms with Crippen molar-refractivity contribution in [1.29, 1.82) is 0 Å². The summed E-state index contributed by atoms with van der Waals surface area (Å²) in [4.78, 5) is 36.5. The average Bonchev–Trinajstić information content (AvgIpc) is 3.73. The first kappa shape index (κ1) is 24.3. The summed E-state index contributed by atoms with van der Waals surface area (Å²) in [6.45, 7) is 0. The molecule has 0 spiro atoms. The van der Waals surface area contributed by atoms with Gasteiger partial charge in [-0.05, 0) is 18.2 Å². The number of hydrogen-bond acceptors (Lipinski definition) is 12. The lowest BCUT2D eigenvalue weighted by molar-refractivity contribution is -0.384. The number of nitro benzene ring substituents is 3. The summed E-state index contributed by atoms with van der Waals surface area (Å²) in [5.41, 5.74) is 0.0828. The van der Waals surface area contributed by atoms with Crippen LogP contribution in [0.25, 0.3) is 50.2 Å². The van der Waals surface area contributed by atoms with Gasteiger partial charge in [-0.3, -0.25) is 30.3 Å². The van der Waals surface area contributed by atoms with Crippen molar-refractivity contribution in [2.45, 2.75) is 0 Å². The third-order valence-electron chi connectivity index (χ3n) is 6.40. The fraction of sp³-hybridized carbons (Fsp3) is 0. The second-order valence-electron chi connectivity index (χ2n) is 8.80. The van der Waals surface area contributed by atoms with Crippen LogP contribution in [0.4, 0.5) is 17.1 Å². The van der Waals surface area contributed by atoms with E-state index in [1.165, 1.54) is 54.6 Å². The van der Waals surface area contributed by atoms with Crippen molar-refractivity contribution in [3.05, 3.63) is 103 Å². The highest BCUT2D eigenvalue weighted by Gasteiger charge is 2.27. The van der Waals surface area contributed by atoms with Crippen LogP contribution in [0.1, 0.15) is 0 Å². The Labute approximate surface area is 230 Å². The molecule has 0 aliphatic carbocycles. The first-order chi connectivity index (χ1) is 20.3. The Morgan fingerprint density at radius 2 is 0.619 bits per heavy atom. The minimum absolute atomic E-state index is 0.0529. The molecule has 204 valence electrons. The van der Waals surface area contributed by atoms with Crippen molar-refractivity contribution < 1.29 is 14.8 Å². The number of hydrogen-bond donors (Lipinski definition) is 0. The Morgan fingerprint density at radius 1 is 0.405 bits per heavy atom. The van der Waals surface area contributed by atoms with Gasteiger partial charge in [0.15, 0.2) is 17.1 Å². The molecular weight excluding hydrogens is 552 g/mol.